The van der Waals surface area contributed by atoms with E-state index in [0.717, 1.165) is 41.2 Å². The van der Waals surface area contributed by atoms with Gasteiger partial charge in [0.05, 0.1) is 5.69 Å². The fraction of sp³-hybridized carbons (Fsp3) is 0.455. The van der Waals surface area contributed by atoms with Gasteiger partial charge in [0, 0.05) is 28.8 Å². The first-order valence-electron chi connectivity index (χ1n) is 5.05. The van der Waals surface area contributed by atoms with Gasteiger partial charge in [0.15, 0.2) is 0 Å². The quantitative estimate of drug-likeness (QED) is 0.897. The Morgan fingerprint density at radius 1 is 1.33 bits per heavy atom. The molecule has 0 bridgehead atoms. The highest BCUT2D eigenvalue weighted by Gasteiger charge is 2.14. The largest absolute Gasteiger partial charge is 0.381 e. The van der Waals surface area contributed by atoms with Gasteiger partial charge in [-0.3, -0.25) is 0 Å². The van der Waals surface area contributed by atoms with Crippen LogP contribution in [0.4, 0.5) is 5.69 Å². The van der Waals surface area contributed by atoms with Crippen molar-refractivity contribution in [3.8, 4) is 0 Å². The fourth-order valence-corrected chi connectivity index (χ4v) is 2.20. The minimum absolute atomic E-state index is 0.494. The van der Waals surface area contributed by atoms with Gasteiger partial charge in [-0.15, -0.1) is 0 Å². The predicted octanol–water partition coefficient (Wildman–Crippen LogP) is 3.69. The van der Waals surface area contributed by atoms with Crippen molar-refractivity contribution in [1.82, 2.24) is 0 Å². The standard InChI is InChI=1S/C11H13BrClNO/c12-10-2-1-8(13)7-11(10)14-9-3-5-15-6-4-9/h1-2,7,9,14H,3-6H2. The first-order chi connectivity index (χ1) is 7.25. The average Bonchev–Trinajstić information content (AvgIpc) is 2.25. The van der Waals surface area contributed by atoms with Gasteiger partial charge in [-0.25, -0.2) is 0 Å². The van der Waals surface area contributed by atoms with Crippen molar-refractivity contribution in [3.05, 3.63) is 27.7 Å². The molecular weight excluding hydrogens is 277 g/mol. The van der Waals surface area contributed by atoms with Crippen LogP contribution in [0, 0.1) is 0 Å². The molecular formula is C11H13BrClNO. The van der Waals surface area contributed by atoms with Crippen molar-refractivity contribution < 1.29 is 4.74 Å². The molecule has 1 fully saturated rings. The topological polar surface area (TPSA) is 21.3 Å². The van der Waals surface area contributed by atoms with Crippen LogP contribution in [-0.2, 0) is 4.74 Å². The van der Waals surface area contributed by atoms with E-state index in [0.29, 0.717) is 6.04 Å². The van der Waals surface area contributed by atoms with Gasteiger partial charge < -0.3 is 10.1 Å². The lowest BCUT2D eigenvalue weighted by Crippen LogP contribution is -2.27. The second-order valence-electron chi connectivity index (χ2n) is 3.66. The molecule has 1 saturated heterocycles. The molecule has 0 atom stereocenters. The Kier molecular flexibility index (Phi) is 3.89. The van der Waals surface area contributed by atoms with Crippen molar-refractivity contribution in [2.75, 3.05) is 18.5 Å². The zero-order valence-electron chi connectivity index (χ0n) is 8.30. The van der Waals surface area contributed by atoms with Crippen LogP contribution >= 0.6 is 27.5 Å². The Morgan fingerprint density at radius 2 is 2.07 bits per heavy atom. The van der Waals surface area contributed by atoms with Crippen LogP contribution in [0.15, 0.2) is 22.7 Å². The smallest absolute Gasteiger partial charge is 0.0501 e. The van der Waals surface area contributed by atoms with Crippen molar-refractivity contribution in [1.29, 1.82) is 0 Å². The molecule has 0 saturated carbocycles. The summed E-state index contributed by atoms with van der Waals surface area (Å²) in [5.41, 5.74) is 1.06. The summed E-state index contributed by atoms with van der Waals surface area (Å²) in [6.07, 6.45) is 2.11. The summed E-state index contributed by atoms with van der Waals surface area (Å²) in [7, 11) is 0. The minimum atomic E-state index is 0.494. The van der Waals surface area contributed by atoms with Crippen molar-refractivity contribution in [2.45, 2.75) is 18.9 Å². The SMILES string of the molecule is Clc1ccc(Br)c(NC2CCOCC2)c1. The molecule has 4 heteroatoms. The van der Waals surface area contributed by atoms with Gasteiger partial charge in [-0.1, -0.05) is 11.6 Å². The number of benzene rings is 1. The summed E-state index contributed by atoms with van der Waals surface area (Å²) in [6, 6.07) is 6.28. The average molecular weight is 291 g/mol. The Balaban J connectivity index is 2.05. The maximum Gasteiger partial charge on any atom is 0.0501 e. The zero-order chi connectivity index (χ0) is 10.7. The van der Waals surface area contributed by atoms with E-state index >= 15 is 0 Å². The first kappa shape index (κ1) is 11.2. The molecule has 0 amide bonds. The molecule has 2 nitrogen and oxygen atoms in total. The molecule has 15 heavy (non-hydrogen) atoms. The number of halogens is 2. The second-order valence-corrected chi connectivity index (χ2v) is 4.95. The molecule has 0 radical (unpaired) electrons. The molecule has 1 aromatic carbocycles. The van der Waals surface area contributed by atoms with E-state index in [1.807, 2.05) is 18.2 Å². The van der Waals surface area contributed by atoms with Crippen molar-refractivity contribution >= 4 is 33.2 Å². The molecule has 1 aromatic rings. The Labute approximate surface area is 103 Å². The number of hydrogen-bond donors (Lipinski definition) is 1. The van der Waals surface area contributed by atoms with Crippen molar-refractivity contribution in [2.24, 2.45) is 0 Å². The van der Waals surface area contributed by atoms with E-state index < -0.39 is 0 Å². The lowest BCUT2D eigenvalue weighted by molar-refractivity contribution is 0.0904. The Bertz CT molecular complexity index is 339. The molecule has 0 aliphatic carbocycles. The van der Waals surface area contributed by atoms with Crippen LogP contribution in [0.1, 0.15) is 12.8 Å². The maximum absolute atomic E-state index is 5.95. The number of nitrogens with one attached hydrogen (secondary N) is 1. The van der Waals surface area contributed by atoms with E-state index in [1.54, 1.807) is 0 Å². The number of ether oxygens (including phenoxy) is 1. The normalized spacial score (nSPS) is 17.7. The number of anilines is 1. The highest BCUT2D eigenvalue weighted by atomic mass is 79.9. The summed E-state index contributed by atoms with van der Waals surface area (Å²) < 4.78 is 6.37. The summed E-state index contributed by atoms with van der Waals surface area (Å²) in [5.74, 6) is 0. The third kappa shape index (κ3) is 3.10. The third-order valence-corrected chi connectivity index (χ3v) is 3.44. The molecule has 1 N–H and O–H groups in total. The molecule has 0 unspecified atom stereocenters. The molecule has 0 aromatic heterocycles. The highest BCUT2D eigenvalue weighted by Crippen LogP contribution is 2.27. The van der Waals surface area contributed by atoms with Gasteiger partial charge in [0.2, 0.25) is 0 Å². The van der Waals surface area contributed by atoms with Crippen LogP contribution in [0.3, 0.4) is 0 Å². The lowest BCUT2D eigenvalue weighted by Gasteiger charge is -2.24. The van der Waals surface area contributed by atoms with Crippen LogP contribution in [-0.4, -0.2) is 19.3 Å². The molecule has 1 aliphatic heterocycles. The van der Waals surface area contributed by atoms with Crippen LogP contribution in [0.25, 0.3) is 0 Å². The fourth-order valence-electron chi connectivity index (χ4n) is 1.67. The van der Waals surface area contributed by atoms with E-state index in [4.69, 9.17) is 16.3 Å². The monoisotopic (exact) mass is 289 g/mol. The summed E-state index contributed by atoms with van der Waals surface area (Å²) in [6.45, 7) is 1.69. The number of rotatable bonds is 2. The highest BCUT2D eigenvalue weighted by molar-refractivity contribution is 9.10. The molecule has 0 spiro atoms. The van der Waals surface area contributed by atoms with Gasteiger partial charge in [-0.2, -0.15) is 0 Å². The van der Waals surface area contributed by atoms with Gasteiger partial charge in [0.1, 0.15) is 0 Å². The van der Waals surface area contributed by atoms with Gasteiger partial charge in [-0.05, 0) is 47.0 Å². The molecule has 82 valence electrons. The molecule has 1 heterocycles. The predicted molar refractivity (Wildman–Crippen MR) is 66.6 cm³/mol. The summed E-state index contributed by atoms with van der Waals surface area (Å²) in [4.78, 5) is 0. The first-order valence-corrected chi connectivity index (χ1v) is 6.22. The maximum atomic E-state index is 5.95. The van der Waals surface area contributed by atoms with E-state index in [-0.39, 0.29) is 0 Å². The minimum Gasteiger partial charge on any atom is -0.381 e. The van der Waals surface area contributed by atoms with Gasteiger partial charge >= 0.3 is 0 Å². The van der Waals surface area contributed by atoms with Crippen molar-refractivity contribution in [3.63, 3.8) is 0 Å². The van der Waals surface area contributed by atoms with E-state index in [1.165, 1.54) is 0 Å². The summed E-state index contributed by atoms with van der Waals surface area (Å²) in [5, 5.41) is 4.24. The van der Waals surface area contributed by atoms with Crippen LogP contribution in [0.2, 0.25) is 5.02 Å². The lowest BCUT2D eigenvalue weighted by atomic mass is 10.1. The van der Waals surface area contributed by atoms with Gasteiger partial charge in [0.25, 0.3) is 0 Å². The second kappa shape index (κ2) is 5.19. The van der Waals surface area contributed by atoms with Crippen LogP contribution in [0.5, 0.6) is 0 Å². The van der Waals surface area contributed by atoms with E-state index in [9.17, 15) is 0 Å². The molecule has 1 aliphatic rings. The Hall–Kier alpha value is -0.250. The number of hydrogen-bond acceptors (Lipinski definition) is 2. The molecule has 2 rings (SSSR count). The van der Waals surface area contributed by atoms with E-state index in [2.05, 4.69) is 21.2 Å². The zero-order valence-corrected chi connectivity index (χ0v) is 10.6. The summed E-state index contributed by atoms with van der Waals surface area (Å²) >= 11 is 9.45. The van der Waals surface area contributed by atoms with Crippen LogP contribution < -0.4 is 5.32 Å². The third-order valence-electron chi connectivity index (χ3n) is 2.51. The Morgan fingerprint density at radius 3 is 2.80 bits per heavy atom.